The Morgan fingerprint density at radius 1 is 0.931 bits per heavy atom. The topological polar surface area (TPSA) is 118 Å². The molecule has 0 aliphatic rings. The molecule has 0 aliphatic heterocycles. The molecule has 0 bridgehead atoms. The van der Waals surface area contributed by atoms with Crippen molar-refractivity contribution in [3.05, 3.63) is 94.3 Å². The first-order valence-corrected chi connectivity index (χ1v) is 9.68. The van der Waals surface area contributed by atoms with E-state index in [0.29, 0.717) is 0 Å². The molecule has 0 aromatic heterocycles. The number of amides is 1. The molecule has 0 radical (unpaired) electrons. The lowest BCUT2D eigenvalue weighted by Crippen LogP contribution is -2.19. The zero-order valence-electron chi connectivity index (χ0n) is 14.7. The van der Waals surface area contributed by atoms with Gasteiger partial charge in [-0.2, -0.15) is 0 Å². The molecule has 2 N–H and O–H groups in total. The van der Waals surface area contributed by atoms with Crippen LogP contribution < -0.4 is 10.0 Å². The molecule has 8 nitrogen and oxygen atoms in total. The lowest BCUT2D eigenvalue weighted by Gasteiger charge is -2.13. The zero-order valence-corrected chi connectivity index (χ0v) is 15.5. The van der Waals surface area contributed by atoms with Gasteiger partial charge in [0, 0.05) is 12.1 Å². The lowest BCUT2D eigenvalue weighted by atomic mass is 10.1. The van der Waals surface area contributed by atoms with Gasteiger partial charge in [-0.3, -0.25) is 19.6 Å². The van der Waals surface area contributed by atoms with Crippen LogP contribution in [-0.4, -0.2) is 19.2 Å². The van der Waals surface area contributed by atoms with E-state index in [9.17, 15) is 27.7 Å². The minimum absolute atomic E-state index is 0.0511. The summed E-state index contributed by atoms with van der Waals surface area (Å²) >= 11 is 0. The Kier molecular flexibility index (Phi) is 5.55. The number of nitrogens with zero attached hydrogens (tertiary/aromatic N) is 1. The summed E-state index contributed by atoms with van der Waals surface area (Å²) in [6.45, 7) is 0. The number of hydrogen-bond acceptors (Lipinski definition) is 5. The molecule has 0 aliphatic carbocycles. The molecule has 0 atom stereocenters. The number of nitrogens with one attached hydrogen (secondary N) is 2. The summed E-state index contributed by atoms with van der Waals surface area (Å²) in [7, 11) is -4.21. The van der Waals surface area contributed by atoms with Crippen LogP contribution in [-0.2, 0) is 10.0 Å². The smallest absolute Gasteiger partial charge is 0.270 e. The second kappa shape index (κ2) is 8.07. The van der Waals surface area contributed by atoms with Crippen LogP contribution in [0.25, 0.3) is 0 Å². The maximum Gasteiger partial charge on any atom is 0.270 e. The minimum atomic E-state index is -4.21. The number of anilines is 2. The Morgan fingerprint density at radius 3 is 2.28 bits per heavy atom. The zero-order chi connectivity index (χ0) is 21.0. The number of carbonyl (C=O) groups is 1. The Labute approximate surface area is 165 Å². The van der Waals surface area contributed by atoms with Crippen molar-refractivity contribution in [3.8, 4) is 0 Å². The van der Waals surface area contributed by atoms with Gasteiger partial charge in [-0.05, 0) is 30.3 Å². The molecule has 1 amide bonds. The van der Waals surface area contributed by atoms with Gasteiger partial charge in [0.25, 0.3) is 21.6 Å². The van der Waals surface area contributed by atoms with Crippen molar-refractivity contribution in [2.24, 2.45) is 0 Å². The number of nitro benzene ring substituents is 1. The highest BCUT2D eigenvalue weighted by atomic mass is 32.2. The van der Waals surface area contributed by atoms with Crippen molar-refractivity contribution in [2.75, 3.05) is 10.0 Å². The van der Waals surface area contributed by atoms with E-state index in [2.05, 4.69) is 10.0 Å². The highest BCUT2D eigenvalue weighted by molar-refractivity contribution is 7.92. The third-order valence-corrected chi connectivity index (χ3v) is 5.24. The molecule has 29 heavy (non-hydrogen) atoms. The van der Waals surface area contributed by atoms with E-state index < -0.39 is 32.4 Å². The molecule has 0 heterocycles. The van der Waals surface area contributed by atoms with Crippen LogP contribution >= 0.6 is 0 Å². The van der Waals surface area contributed by atoms with Crippen molar-refractivity contribution in [3.63, 3.8) is 0 Å². The quantitative estimate of drug-likeness (QED) is 0.469. The number of rotatable bonds is 6. The van der Waals surface area contributed by atoms with Crippen LogP contribution in [0.2, 0.25) is 0 Å². The average molecular weight is 415 g/mol. The first-order chi connectivity index (χ1) is 13.8. The number of para-hydroxylation sites is 2. The van der Waals surface area contributed by atoms with Crippen molar-refractivity contribution >= 4 is 33.0 Å². The highest BCUT2D eigenvalue weighted by Gasteiger charge is 2.21. The van der Waals surface area contributed by atoms with E-state index in [1.54, 1.807) is 0 Å². The first kappa shape index (κ1) is 20.0. The predicted octanol–water partition coefficient (Wildman–Crippen LogP) is 3.79. The normalized spacial score (nSPS) is 10.9. The van der Waals surface area contributed by atoms with Crippen molar-refractivity contribution in [2.45, 2.75) is 4.90 Å². The van der Waals surface area contributed by atoms with Crippen LogP contribution in [0.5, 0.6) is 0 Å². The van der Waals surface area contributed by atoms with E-state index in [1.807, 2.05) is 0 Å². The molecule has 0 unspecified atom stereocenters. The molecule has 0 spiro atoms. The van der Waals surface area contributed by atoms with E-state index in [-0.39, 0.29) is 21.8 Å². The largest absolute Gasteiger partial charge is 0.319 e. The number of carbonyl (C=O) groups excluding carboxylic acids is 1. The Bertz CT molecular complexity index is 1200. The van der Waals surface area contributed by atoms with Crippen molar-refractivity contribution < 1.29 is 22.5 Å². The predicted molar refractivity (Wildman–Crippen MR) is 105 cm³/mol. The number of sulfonamides is 1. The number of hydrogen-bond donors (Lipinski definition) is 2. The molecule has 3 rings (SSSR count). The molecular formula is C19H14FN3O5S. The van der Waals surface area contributed by atoms with Gasteiger partial charge in [0.05, 0.1) is 26.8 Å². The van der Waals surface area contributed by atoms with Crippen molar-refractivity contribution in [1.82, 2.24) is 0 Å². The lowest BCUT2D eigenvalue weighted by molar-refractivity contribution is -0.385. The molecule has 3 aromatic carbocycles. The van der Waals surface area contributed by atoms with E-state index in [0.717, 1.165) is 12.1 Å². The van der Waals surface area contributed by atoms with Gasteiger partial charge < -0.3 is 5.32 Å². The molecular weight excluding hydrogens is 401 g/mol. The van der Waals surface area contributed by atoms with Crippen molar-refractivity contribution in [1.29, 1.82) is 0 Å². The second-order valence-electron chi connectivity index (χ2n) is 5.84. The van der Waals surface area contributed by atoms with E-state index in [1.165, 1.54) is 60.7 Å². The third kappa shape index (κ3) is 4.55. The number of halogens is 1. The maximum atomic E-state index is 13.8. The summed E-state index contributed by atoms with van der Waals surface area (Å²) in [6.07, 6.45) is 0. The van der Waals surface area contributed by atoms with Crippen LogP contribution in [0.3, 0.4) is 0 Å². The molecule has 3 aromatic rings. The van der Waals surface area contributed by atoms with Gasteiger partial charge in [0.1, 0.15) is 5.82 Å². The van der Waals surface area contributed by atoms with Gasteiger partial charge in [0.2, 0.25) is 0 Å². The monoisotopic (exact) mass is 415 g/mol. The van der Waals surface area contributed by atoms with Gasteiger partial charge >= 0.3 is 0 Å². The fourth-order valence-corrected chi connectivity index (χ4v) is 3.61. The molecule has 148 valence electrons. The number of nitro groups is 1. The van der Waals surface area contributed by atoms with Crippen LogP contribution in [0.4, 0.5) is 21.5 Å². The molecule has 0 saturated heterocycles. The molecule has 0 fully saturated rings. The minimum Gasteiger partial charge on any atom is -0.319 e. The maximum absolute atomic E-state index is 13.8. The summed E-state index contributed by atoms with van der Waals surface area (Å²) in [4.78, 5) is 22.4. The SMILES string of the molecule is O=C(Nc1ccccc1F)c1ccccc1NS(=O)(=O)c1cccc([N+](=O)[O-])c1. The summed E-state index contributed by atoms with van der Waals surface area (Å²) in [5.74, 6) is -1.37. The number of non-ortho nitro benzene ring substituents is 1. The average Bonchev–Trinajstić information content (AvgIpc) is 2.70. The number of benzene rings is 3. The Balaban J connectivity index is 1.91. The van der Waals surface area contributed by atoms with Gasteiger partial charge in [0.15, 0.2) is 0 Å². The molecule has 0 saturated carbocycles. The fourth-order valence-electron chi connectivity index (χ4n) is 2.49. The fraction of sp³-hybridized carbons (Fsp3) is 0. The Hall–Kier alpha value is -3.79. The highest BCUT2D eigenvalue weighted by Crippen LogP contribution is 2.24. The second-order valence-corrected chi connectivity index (χ2v) is 7.52. The van der Waals surface area contributed by atoms with Gasteiger partial charge in [-0.15, -0.1) is 0 Å². The summed E-state index contributed by atoms with van der Waals surface area (Å²) in [5, 5.41) is 13.3. The van der Waals surface area contributed by atoms with Crippen LogP contribution in [0.1, 0.15) is 10.4 Å². The molecule has 10 heteroatoms. The summed E-state index contributed by atoms with van der Waals surface area (Å²) in [6, 6.07) is 15.8. The Morgan fingerprint density at radius 2 is 1.59 bits per heavy atom. The van der Waals surface area contributed by atoms with Crippen LogP contribution in [0, 0.1) is 15.9 Å². The van der Waals surface area contributed by atoms with E-state index >= 15 is 0 Å². The van der Waals surface area contributed by atoms with Gasteiger partial charge in [-0.25, -0.2) is 12.8 Å². The third-order valence-electron chi connectivity index (χ3n) is 3.88. The summed E-state index contributed by atoms with van der Waals surface area (Å²) < 4.78 is 41.3. The van der Waals surface area contributed by atoms with E-state index in [4.69, 9.17) is 0 Å². The van der Waals surface area contributed by atoms with Crippen LogP contribution in [0.15, 0.2) is 77.7 Å². The first-order valence-electron chi connectivity index (χ1n) is 8.20. The standard InChI is InChI=1S/C19H14FN3O5S/c20-16-9-2-4-11-18(16)21-19(24)15-8-1-3-10-17(15)22-29(27,28)14-7-5-6-13(12-14)23(25)26/h1-12,22H,(H,21,24). The summed E-state index contributed by atoms with van der Waals surface area (Å²) in [5.41, 5.74) is -0.565. The van der Waals surface area contributed by atoms with Gasteiger partial charge in [-0.1, -0.05) is 30.3 Å².